The number of rotatable bonds is 5. The van der Waals surface area contributed by atoms with Gasteiger partial charge in [0.15, 0.2) is 0 Å². The zero-order valence-electron chi connectivity index (χ0n) is 11.1. The van der Waals surface area contributed by atoms with Gasteiger partial charge < -0.3 is 0 Å². The molecule has 18 heavy (non-hydrogen) atoms. The van der Waals surface area contributed by atoms with Crippen LogP contribution in [0.25, 0.3) is 10.8 Å². The van der Waals surface area contributed by atoms with E-state index in [4.69, 9.17) is 0 Å². The molecule has 0 aliphatic heterocycles. The molecule has 1 heteroatoms. The molecule has 0 saturated carbocycles. The van der Waals surface area contributed by atoms with Gasteiger partial charge in [0.05, 0.1) is 0 Å². The van der Waals surface area contributed by atoms with Gasteiger partial charge in [0.2, 0.25) is 0 Å². The van der Waals surface area contributed by atoms with Gasteiger partial charge in [0, 0.05) is 0 Å². The van der Waals surface area contributed by atoms with Gasteiger partial charge in [-0.3, -0.25) is 0 Å². The van der Waals surface area contributed by atoms with Gasteiger partial charge in [-0.15, -0.1) is 0 Å². The summed E-state index contributed by atoms with van der Waals surface area (Å²) in [4.78, 5) is 2.36. The molecule has 0 heterocycles. The van der Waals surface area contributed by atoms with Gasteiger partial charge in [-0.2, -0.15) is 0 Å². The molecule has 2 rings (SSSR count). The molecule has 2 aromatic rings. The molecule has 0 aliphatic carbocycles. The van der Waals surface area contributed by atoms with Crippen LogP contribution in [0.1, 0.15) is 26.7 Å². The molecule has 0 radical (unpaired) electrons. The Hall–Kier alpha value is -1.04. The minimum absolute atomic E-state index is 0.473. The second-order valence-corrected chi connectivity index (χ2v) is 7.02. The van der Waals surface area contributed by atoms with E-state index in [1.54, 1.807) is 0 Å². The quantitative estimate of drug-likeness (QED) is 0.729. The predicted octanol–water partition coefficient (Wildman–Crippen LogP) is 4.12. The van der Waals surface area contributed by atoms with E-state index in [1.165, 1.54) is 28.1 Å². The zero-order valence-corrected chi connectivity index (χ0v) is 12.8. The van der Waals surface area contributed by atoms with Crippen LogP contribution in [0.4, 0.5) is 0 Å². The standard InChI is InChI=1S/C17H20Se/c1-14(2)7-5-6-12-18-17-11-10-15-8-3-4-9-16(15)13-17/h3-4,6,8-14H,5,7H2,1-2H3. The fraction of sp³-hybridized carbons (Fsp3) is 0.294. The van der Waals surface area contributed by atoms with Gasteiger partial charge in [-0.25, -0.2) is 0 Å². The van der Waals surface area contributed by atoms with Crippen LogP contribution in [-0.4, -0.2) is 15.0 Å². The van der Waals surface area contributed by atoms with Crippen LogP contribution in [0.2, 0.25) is 0 Å². The van der Waals surface area contributed by atoms with E-state index in [9.17, 15) is 0 Å². The Morgan fingerprint density at radius 2 is 1.83 bits per heavy atom. The predicted molar refractivity (Wildman–Crippen MR) is 82.5 cm³/mol. The molecular weight excluding hydrogens is 283 g/mol. The van der Waals surface area contributed by atoms with Crippen LogP contribution >= 0.6 is 0 Å². The van der Waals surface area contributed by atoms with Crippen molar-refractivity contribution in [2.75, 3.05) is 0 Å². The van der Waals surface area contributed by atoms with Gasteiger partial charge in [-0.1, -0.05) is 0 Å². The first-order valence-corrected chi connectivity index (χ1v) is 8.41. The summed E-state index contributed by atoms with van der Waals surface area (Å²) in [5.41, 5.74) is 0. The molecule has 0 amide bonds. The van der Waals surface area contributed by atoms with Gasteiger partial charge in [0.1, 0.15) is 0 Å². The normalized spacial score (nSPS) is 11.7. The number of hydrogen-bond acceptors (Lipinski definition) is 0. The van der Waals surface area contributed by atoms with Crippen LogP contribution in [0, 0.1) is 5.92 Å². The van der Waals surface area contributed by atoms with Crippen molar-refractivity contribution in [1.29, 1.82) is 0 Å². The third-order valence-electron chi connectivity index (χ3n) is 2.93. The molecule has 0 N–H and O–H groups in total. The van der Waals surface area contributed by atoms with E-state index in [-0.39, 0.29) is 0 Å². The fourth-order valence-electron chi connectivity index (χ4n) is 1.86. The second kappa shape index (κ2) is 6.78. The van der Waals surface area contributed by atoms with Gasteiger partial charge in [0.25, 0.3) is 0 Å². The van der Waals surface area contributed by atoms with Crippen molar-refractivity contribution in [3.63, 3.8) is 0 Å². The molecule has 0 nitrogen and oxygen atoms in total. The molecule has 0 spiro atoms. The van der Waals surface area contributed by atoms with Crippen LogP contribution in [0.3, 0.4) is 0 Å². The molecule has 94 valence electrons. The third-order valence-corrected chi connectivity index (χ3v) is 4.73. The Morgan fingerprint density at radius 3 is 2.61 bits per heavy atom. The number of fused-ring (bicyclic) bond motifs is 1. The summed E-state index contributed by atoms with van der Waals surface area (Å²) in [5, 5.41) is 2.69. The molecule has 0 bridgehead atoms. The molecule has 0 aromatic heterocycles. The van der Waals surface area contributed by atoms with E-state index in [0.29, 0.717) is 15.0 Å². The Kier molecular flexibility index (Phi) is 5.04. The number of benzene rings is 2. The molecule has 2 aromatic carbocycles. The summed E-state index contributed by atoms with van der Waals surface area (Å²) < 4.78 is 1.46. The van der Waals surface area contributed by atoms with Crippen LogP contribution in [0.5, 0.6) is 0 Å². The van der Waals surface area contributed by atoms with E-state index < -0.39 is 0 Å². The van der Waals surface area contributed by atoms with Crippen molar-refractivity contribution >= 4 is 30.2 Å². The van der Waals surface area contributed by atoms with E-state index >= 15 is 0 Å². The second-order valence-electron chi connectivity index (χ2n) is 4.97. The van der Waals surface area contributed by atoms with E-state index in [2.05, 4.69) is 67.4 Å². The summed E-state index contributed by atoms with van der Waals surface area (Å²) in [6, 6.07) is 15.4. The topological polar surface area (TPSA) is 0 Å². The zero-order chi connectivity index (χ0) is 12.8. The maximum atomic E-state index is 2.36. The van der Waals surface area contributed by atoms with E-state index in [1.807, 2.05) is 0 Å². The summed E-state index contributed by atoms with van der Waals surface area (Å²) >= 11 is 0.473. The van der Waals surface area contributed by atoms with Crippen LogP contribution in [-0.2, 0) is 0 Å². The van der Waals surface area contributed by atoms with Crippen molar-refractivity contribution in [1.82, 2.24) is 0 Å². The first-order valence-electron chi connectivity index (χ1n) is 6.56. The molecule has 0 fully saturated rings. The fourth-order valence-corrected chi connectivity index (χ4v) is 3.40. The SMILES string of the molecule is CC(C)CCC=C[Se]c1ccc2ccccc2c1. The minimum atomic E-state index is 0.473. The van der Waals surface area contributed by atoms with Crippen molar-refractivity contribution in [2.45, 2.75) is 26.7 Å². The van der Waals surface area contributed by atoms with Crippen molar-refractivity contribution in [3.05, 3.63) is 53.5 Å². The Morgan fingerprint density at radius 1 is 1.06 bits per heavy atom. The average molecular weight is 303 g/mol. The Balaban J connectivity index is 1.95. The number of hydrogen-bond donors (Lipinski definition) is 0. The number of allylic oxidation sites excluding steroid dienone is 1. The molecular formula is C17H20Se. The first-order chi connectivity index (χ1) is 8.75. The summed E-state index contributed by atoms with van der Waals surface area (Å²) in [7, 11) is 0. The monoisotopic (exact) mass is 304 g/mol. The Bertz CT molecular complexity index is 526. The Labute approximate surface area is 116 Å². The van der Waals surface area contributed by atoms with Gasteiger partial charge >= 0.3 is 116 Å². The van der Waals surface area contributed by atoms with Crippen molar-refractivity contribution in [2.24, 2.45) is 5.92 Å². The summed E-state index contributed by atoms with van der Waals surface area (Å²) in [6.07, 6.45) is 4.85. The maximum absolute atomic E-state index is 2.36. The molecule has 0 unspecified atom stereocenters. The molecule has 0 saturated heterocycles. The first kappa shape index (κ1) is 13.4. The third kappa shape index (κ3) is 4.01. The summed E-state index contributed by atoms with van der Waals surface area (Å²) in [6.45, 7) is 4.56. The van der Waals surface area contributed by atoms with Crippen molar-refractivity contribution < 1.29 is 0 Å². The van der Waals surface area contributed by atoms with E-state index in [0.717, 1.165) is 5.92 Å². The van der Waals surface area contributed by atoms with Crippen LogP contribution in [0.15, 0.2) is 53.5 Å². The molecule has 0 aliphatic rings. The average Bonchev–Trinajstić information content (AvgIpc) is 2.38. The molecule has 0 atom stereocenters. The summed E-state index contributed by atoms with van der Waals surface area (Å²) in [5.74, 6) is 0.808. The van der Waals surface area contributed by atoms with Gasteiger partial charge in [-0.05, 0) is 0 Å². The van der Waals surface area contributed by atoms with Crippen molar-refractivity contribution in [3.8, 4) is 0 Å². The van der Waals surface area contributed by atoms with Crippen LogP contribution < -0.4 is 4.46 Å².